The predicted molar refractivity (Wildman–Crippen MR) is 129 cm³/mol. The van der Waals surface area contributed by atoms with E-state index in [1.54, 1.807) is 35.4 Å². The Bertz CT molecular complexity index is 1300. The fourth-order valence-electron chi connectivity index (χ4n) is 3.89. The molecule has 8 nitrogen and oxygen atoms in total. The minimum Gasteiger partial charge on any atom is -0.492 e. The highest BCUT2D eigenvalue weighted by Crippen LogP contribution is 2.40. The van der Waals surface area contributed by atoms with Gasteiger partial charge in [0.25, 0.3) is 11.8 Å². The van der Waals surface area contributed by atoms with Gasteiger partial charge in [0.05, 0.1) is 17.9 Å². The summed E-state index contributed by atoms with van der Waals surface area (Å²) < 4.78 is 5.78. The summed E-state index contributed by atoms with van der Waals surface area (Å²) in [5, 5.41) is 1.49. The maximum absolute atomic E-state index is 13.5. The van der Waals surface area contributed by atoms with Crippen LogP contribution in [0.5, 0.6) is 0 Å². The first-order valence-electron chi connectivity index (χ1n) is 10.7. The van der Waals surface area contributed by atoms with Crippen molar-refractivity contribution in [3.63, 3.8) is 0 Å². The van der Waals surface area contributed by atoms with Crippen LogP contribution in [-0.2, 0) is 9.53 Å². The lowest BCUT2D eigenvalue weighted by molar-refractivity contribution is -0.132. The van der Waals surface area contributed by atoms with Gasteiger partial charge in [0.1, 0.15) is 23.2 Å². The van der Waals surface area contributed by atoms with Crippen LogP contribution in [-0.4, -0.2) is 45.3 Å². The van der Waals surface area contributed by atoms with Crippen LogP contribution in [0, 0.1) is 0 Å². The van der Waals surface area contributed by atoms with E-state index in [9.17, 15) is 14.4 Å². The molecule has 3 heterocycles. The van der Waals surface area contributed by atoms with Crippen molar-refractivity contribution in [2.75, 3.05) is 18.2 Å². The van der Waals surface area contributed by atoms with Crippen molar-refractivity contribution in [1.82, 2.24) is 15.0 Å². The Kier molecular flexibility index (Phi) is 5.77. The molecule has 1 aromatic heterocycles. The molecule has 1 saturated heterocycles. The number of hydrogen-bond donors (Lipinski definition) is 0. The van der Waals surface area contributed by atoms with Crippen molar-refractivity contribution >= 4 is 46.1 Å². The van der Waals surface area contributed by atoms with Crippen LogP contribution < -0.4 is 4.90 Å². The molecule has 0 spiro atoms. The number of hydrazine groups is 1. The zero-order valence-corrected chi connectivity index (χ0v) is 19.1. The number of carbonyl (C=O) groups is 3. The number of aromatic nitrogens is 1. The molecule has 3 amide bonds. The third kappa shape index (κ3) is 3.69. The summed E-state index contributed by atoms with van der Waals surface area (Å²) in [6.07, 6.45) is 1.65. The molecule has 0 atom stereocenters. The summed E-state index contributed by atoms with van der Waals surface area (Å²) in [5.41, 5.74) is 1.71. The molecule has 0 radical (unpaired) electrons. The van der Waals surface area contributed by atoms with Gasteiger partial charge in [-0.05, 0) is 43.0 Å². The van der Waals surface area contributed by atoms with E-state index in [4.69, 9.17) is 4.74 Å². The summed E-state index contributed by atoms with van der Waals surface area (Å²) in [7, 11) is 0. The number of thioether (sulfide) groups is 1. The van der Waals surface area contributed by atoms with E-state index in [1.165, 1.54) is 0 Å². The minimum absolute atomic E-state index is 0.0481. The smallest absolute Gasteiger partial charge is 0.313 e. The molecular weight excluding hydrogens is 452 g/mol. The molecule has 0 N–H and O–H groups in total. The normalized spacial score (nSPS) is 17.2. The van der Waals surface area contributed by atoms with Crippen LogP contribution in [0.15, 0.2) is 83.9 Å². The van der Waals surface area contributed by atoms with Crippen LogP contribution in [0.25, 0.3) is 5.76 Å². The quantitative estimate of drug-likeness (QED) is 0.395. The largest absolute Gasteiger partial charge is 0.492 e. The van der Waals surface area contributed by atoms with Gasteiger partial charge in [0.2, 0.25) is 0 Å². The Morgan fingerprint density at radius 3 is 2.41 bits per heavy atom. The molecule has 2 aromatic carbocycles. The highest BCUT2D eigenvalue weighted by molar-refractivity contribution is 8.18. The van der Waals surface area contributed by atoms with Crippen molar-refractivity contribution < 1.29 is 19.1 Å². The van der Waals surface area contributed by atoms with Crippen LogP contribution in [0.3, 0.4) is 0 Å². The van der Waals surface area contributed by atoms with E-state index < -0.39 is 17.1 Å². The second-order valence-electron chi connectivity index (χ2n) is 7.42. The molecule has 0 bridgehead atoms. The van der Waals surface area contributed by atoms with Crippen molar-refractivity contribution in [3.05, 3.63) is 95.0 Å². The Morgan fingerprint density at radius 2 is 1.68 bits per heavy atom. The van der Waals surface area contributed by atoms with Crippen LogP contribution in [0.2, 0.25) is 0 Å². The van der Waals surface area contributed by atoms with Crippen LogP contribution >= 0.6 is 11.8 Å². The average molecular weight is 473 g/mol. The zero-order valence-electron chi connectivity index (χ0n) is 18.2. The number of anilines is 2. The second kappa shape index (κ2) is 9.03. The van der Waals surface area contributed by atoms with E-state index in [1.807, 2.05) is 55.5 Å². The lowest BCUT2D eigenvalue weighted by atomic mass is 10.1. The summed E-state index contributed by atoms with van der Waals surface area (Å²) in [6.45, 7) is 2.08. The van der Waals surface area contributed by atoms with Crippen LogP contribution in [0.1, 0.15) is 22.8 Å². The molecule has 3 aromatic rings. The number of carbonyl (C=O) groups excluding carboxylic acids is 3. The number of hydrogen-bond acceptors (Lipinski definition) is 7. The first-order valence-corrected chi connectivity index (χ1v) is 11.5. The fraction of sp³-hybridized carbons (Fsp3) is 0.120. The van der Waals surface area contributed by atoms with E-state index in [0.717, 1.165) is 21.8 Å². The molecule has 2 aliphatic rings. The van der Waals surface area contributed by atoms with E-state index >= 15 is 0 Å². The molecule has 9 heteroatoms. The predicted octanol–water partition coefficient (Wildman–Crippen LogP) is 4.65. The highest BCUT2D eigenvalue weighted by atomic mass is 32.2. The molecule has 0 unspecified atom stereocenters. The van der Waals surface area contributed by atoms with Gasteiger partial charge in [0.15, 0.2) is 0 Å². The molecule has 2 aliphatic heterocycles. The number of fused-ring (bicyclic) bond motifs is 1. The van der Waals surface area contributed by atoms with Gasteiger partial charge in [-0.2, -0.15) is 5.01 Å². The van der Waals surface area contributed by atoms with Gasteiger partial charge in [-0.25, -0.2) is 9.99 Å². The number of pyridine rings is 1. The second-order valence-corrected chi connectivity index (χ2v) is 8.38. The number of imide groups is 1. The van der Waals surface area contributed by atoms with Crippen molar-refractivity contribution in [2.45, 2.75) is 6.92 Å². The minimum atomic E-state index is -0.601. The topological polar surface area (TPSA) is 83.1 Å². The lowest BCUT2D eigenvalue weighted by Gasteiger charge is -2.39. The third-order valence-electron chi connectivity index (χ3n) is 5.38. The van der Waals surface area contributed by atoms with E-state index in [0.29, 0.717) is 35.0 Å². The maximum Gasteiger partial charge on any atom is 0.313 e. The zero-order chi connectivity index (χ0) is 23.7. The summed E-state index contributed by atoms with van der Waals surface area (Å²) in [5.74, 6) is -0.130. The molecule has 5 rings (SSSR count). The highest BCUT2D eigenvalue weighted by Gasteiger charge is 2.46. The Balaban J connectivity index is 1.56. The van der Waals surface area contributed by atoms with E-state index in [2.05, 4.69) is 4.98 Å². The number of rotatable bonds is 5. The van der Waals surface area contributed by atoms with Gasteiger partial charge in [-0.1, -0.05) is 48.5 Å². The van der Waals surface area contributed by atoms with E-state index in [-0.39, 0.29) is 11.6 Å². The van der Waals surface area contributed by atoms with Crippen molar-refractivity contribution in [2.24, 2.45) is 0 Å². The van der Waals surface area contributed by atoms with Crippen molar-refractivity contribution in [1.29, 1.82) is 0 Å². The fourth-order valence-corrected chi connectivity index (χ4v) is 4.77. The van der Waals surface area contributed by atoms with Gasteiger partial charge in [-0.3, -0.25) is 14.4 Å². The number of nitrogens with zero attached hydrogens (tertiary/aromatic N) is 4. The molecule has 34 heavy (non-hydrogen) atoms. The average Bonchev–Trinajstić information content (AvgIpc) is 3.17. The molecule has 0 saturated carbocycles. The number of ether oxygens (including phenoxy) is 1. The first-order chi connectivity index (χ1) is 16.6. The monoisotopic (exact) mass is 472 g/mol. The Morgan fingerprint density at radius 1 is 0.941 bits per heavy atom. The molecule has 170 valence electrons. The summed E-state index contributed by atoms with van der Waals surface area (Å²) >= 11 is 0.763. The summed E-state index contributed by atoms with van der Waals surface area (Å²) in [4.78, 5) is 46.4. The number of benzene rings is 2. The Hall–Kier alpha value is -4.11. The molecular formula is C25H20N4O4S. The molecule has 0 aliphatic carbocycles. The number of amides is 3. The van der Waals surface area contributed by atoms with Gasteiger partial charge < -0.3 is 9.64 Å². The first kappa shape index (κ1) is 21.7. The van der Waals surface area contributed by atoms with Crippen LogP contribution in [0.4, 0.5) is 16.3 Å². The van der Waals surface area contributed by atoms with Gasteiger partial charge >= 0.3 is 5.24 Å². The standard InChI is InChI=1S/C25H20N4O4S/c1-2-33-21(17-10-4-3-5-11-17)22-24(31)29(25(32)34-22)28-16-27(20-14-8-9-15-26-20)19-13-7-6-12-18(19)23(28)30/h3-15H,2,16H2,1H3. The van der Waals surface area contributed by atoms with Gasteiger partial charge in [0, 0.05) is 11.8 Å². The summed E-state index contributed by atoms with van der Waals surface area (Å²) in [6, 6.07) is 21.6. The molecule has 1 fully saturated rings. The van der Waals surface area contributed by atoms with Crippen molar-refractivity contribution in [3.8, 4) is 0 Å². The number of para-hydroxylation sites is 1. The SMILES string of the molecule is CCOC(=C1SC(=O)N(N2CN(c3ccccn3)c3ccccc3C2=O)C1=O)c1ccccc1. The lowest BCUT2D eigenvalue weighted by Crippen LogP contribution is -2.55. The van der Waals surface area contributed by atoms with Gasteiger partial charge in [-0.15, -0.1) is 0 Å². The third-order valence-corrected chi connectivity index (χ3v) is 6.29. The maximum atomic E-state index is 13.5. The Labute approximate surface area is 200 Å².